The molecule has 0 aromatic heterocycles. The molecule has 0 bridgehead atoms. The zero-order chi connectivity index (χ0) is 9.68. The quantitative estimate of drug-likeness (QED) is 0.402. The monoisotopic (exact) mass is 179 g/mol. The van der Waals surface area contributed by atoms with Crippen LogP contribution < -0.4 is 0 Å². The van der Waals surface area contributed by atoms with E-state index in [1.165, 1.54) is 11.1 Å². The molecule has 2 nitrogen and oxygen atoms in total. The Labute approximate surface area is 79.6 Å². The first kappa shape index (κ1) is 10.0. The molecule has 0 radical (unpaired) electrons. The number of hydrogen-bond donors (Lipinski definition) is 1. The lowest BCUT2D eigenvalue weighted by atomic mass is 10.1. The fourth-order valence-electron chi connectivity index (χ4n) is 1.62. The first-order chi connectivity index (χ1) is 6.29. The molecule has 0 spiro atoms. The maximum atomic E-state index is 8.74. The molecule has 0 atom stereocenters. The van der Waals surface area contributed by atoms with E-state index < -0.39 is 0 Å². The van der Waals surface area contributed by atoms with Gasteiger partial charge in [0, 0.05) is 0 Å². The van der Waals surface area contributed by atoms with Crippen LogP contribution in [0.15, 0.2) is 28.5 Å². The third kappa shape index (κ3) is 2.44. The van der Waals surface area contributed by atoms with Crippen molar-refractivity contribution in [2.75, 3.05) is 0 Å². The highest BCUT2D eigenvalue weighted by Crippen LogP contribution is 2.26. The van der Waals surface area contributed by atoms with Crippen molar-refractivity contribution in [1.82, 2.24) is 0 Å². The lowest BCUT2D eigenvalue weighted by molar-refractivity contribution is 0.318. The van der Waals surface area contributed by atoms with E-state index in [4.69, 9.17) is 5.21 Å². The van der Waals surface area contributed by atoms with Crippen molar-refractivity contribution in [2.45, 2.75) is 39.5 Å². The second-order valence-corrected chi connectivity index (χ2v) is 3.39. The van der Waals surface area contributed by atoms with Crippen LogP contribution in [0, 0.1) is 0 Å². The van der Waals surface area contributed by atoms with E-state index in [2.05, 4.69) is 31.2 Å². The molecule has 0 saturated heterocycles. The molecule has 0 aromatic carbocycles. The van der Waals surface area contributed by atoms with Gasteiger partial charge in [0.25, 0.3) is 0 Å². The molecule has 0 heterocycles. The van der Waals surface area contributed by atoms with E-state index in [-0.39, 0.29) is 0 Å². The maximum Gasteiger partial charge on any atom is 0.0833 e. The fourth-order valence-corrected chi connectivity index (χ4v) is 1.62. The average Bonchev–Trinajstić information content (AvgIpc) is 2.48. The standard InChI is InChI=1S/C11H17NO/c1-3-4-5-6-10-9(2)7-8-11(10)12-13/h4-5,13H,3,6-8H2,1-2H3. The van der Waals surface area contributed by atoms with Gasteiger partial charge in [-0.25, -0.2) is 0 Å². The van der Waals surface area contributed by atoms with Crippen molar-refractivity contribution < 1.29 is 5.21 Å². The Bertz CT molecular complexity index is 261. The van der Waals surface area contributed by atoms with Crippen LogP contribution in [0.2, 0.25) is 0 Å². The van der Waals surface area contributed by atoms with Gasteiger partial charge in [0.2, 0.25) is 0 Å². The molecule has 1 rings (SSSR count). The Morgan fingerprint density at radius 1 is 1.38 bits per heavy atom. The van der Waals surface area contributed by atoms with Crippen LogP contribution in [-0.2, 0) is 0 Å². The van der Waals surface area contributed by atoms with Gasteiger partial charge in [-0.15, -0.1) is 0 Å². The van der Waals surface area contributed by atoms with Crippen LogP contribution in [-0.4, -0.2) is 10.9 Å². The van der Waals surface area contributed by atoms with Crippen LogP contribution in [0.1, 0.15) is 39.5 Å². The summed E-state index contributed by atoms with van der Waals surface area (Å²) in [5.74, 6) is 0. The Morgan fingerprint density at radius 3 is 2.77 bits per heavy atom. The second-order valence-electron chi connectivity index (χ2n) is 3.39. The summed E-state index contributed by atoms with van der Waals surface area (Å²) in [5.41, 5.74) is 3.47. The van der Waals surface area contributed by atoms with Gasteiger partial charge in [-0.05, 0) is 38.2 Å². The predicted octanol–water partition coefficient (Wildman–Crippen LogP) is 3.28. The summed E-state index contributed by atoms with van der Waals surface area (Å²) in [6, 6.07) is 0. The number of oxime groups is 1. The molecule has 72 valence electrons. The molecular formula is C11H17NO. The van der Waals surface area contributed by atoms with Crippen molar-refractivity contribution in [3.05, 3.63) is 23.3 Å². The molecule has 0 aliphatic heterocycles. The molecule has 0 fully saturated rings. The fraction of sp³-hybridized carbons (Fsp3) is 0.545. The van der Waals surface area contributed by atoms with Gasteiger partial charge in [0.15, 0.2) is 0 Å². The Balaban J connectivity index is 2.65. The third-order valence-electron chi connectivity index (χ3n) is 2.45. The van der Waals surface area contributed by atoms with Crippen molar-refractivity contribution >= 4 is 5.71 Å². The molecule has 0 aromatic rings. The second kappa shape index (κ2) is 4.85. The summed E-state index contributed by atoms with van der Waals surface area (Å²) in [4.78, 5) is 0. The number of rotatable bonds is 3. The van der Waals surface area contributed by atoms with Crippen LogP contribution >= 0.6 is 0 Å². The number of allylic oxidation sites excluding steroid dienone is 4. The van der Waals surface area contributed by atoms with Gasteiger partial charge in [-0.3, -0.25) is 0 Å². The van der Waals surface area contributed by atoms with Gasteiger partial charge in [0.05, 0.1) is 5.71 Å². The Hall–Kier alpha value is -1.05. The summed E-state index contributed by atoms with van der Waals surface area (Å²) >= 11 is 0. The minimum atomic E-state index is 0.873. The van der Waals surface area contributed by atoms with Crippen molar-refractivity contribution in [3.63, 3.8) is 0 Å². The van der Waals surface area contributed by atoms with Gasteiger partial charge >= 0.3 is 0 Å². The maximum absolute atomic E-state index is 8.74. The smallest absolute Gasteiger partial charge is 0.0833 e. The normalized spacial score (nSPS) is 20.9. The molecule has 0 amide bonds. The van der Waals surface area contributed by atoms with Crippen LogP contribution in [0.4, 0.5) is 0 Å². The highest BCUT2D eigenvalue weighted by molar-refractivity contribution is 6.02. The summed E-state index contributed by atoms with van der Waals surface area (Å²) in [5, 5.41) is 12.1. The summed E-state index contributed by atoms with van der Waals surface area (Å²) in [7, 11) is 0. The highest BCUT2D eigenvalue weighted by atomic mass is 16.4. The zero-order valence-electron chi connectivity index (χ0n) is 8.38. The Morgan fingerprint density at radius 2 is 2.15 bits per heavy atom. The SMILES string of the molecule is CCC=CCC1=C(C)CCC1=NO. The molecule has 0 unspecified atom stereocenters. The van der Waals surface area contributed by atoms with Gasteiger partial charge in [0.1, 0.15) is 0 Å². The zero-order valence-corrected chi connectivity index (χ0v) is 8.38. The lowest BCUT2D eigenvalue weighted by Gasteiger charge is -1.99. The van der Waals surface area contributed by atoms with Crippen LogP contribution in [0.3, 0.4) is 0 Å². The first-order valence-electron chi connectivity index (χ1n) is 4.84. The van der Waals surface area contributed by atoms with E-state index in [9.17, 15) is 0 Å². The topological polar surface area (TPSA) is 32.6 Å². The molecule has 13 heavy (non-hydrogen) atoms. The molecule has 1 aliphatic rings. The van der Waals surface area contributed by atoms with E-state index in [0.717, 1.165) is 31.4 Å². The molecule has 2 heteroatoms. The highest BCUT2D eigenvalue weighted by Gasteiger charge is 2.17. The summed E-state index contributed by atoms with van der Waals surface area (Å²) < 4.78 is 0. The van der Waals surface area contributed by atoms with E-state index >= 15 is 0 Å². The van der Waals surface area contributed by atoms with Crippen LogP contribution in [0.5, 0.6) is 0 Å². The minimum absolute atomic E-state index is 0.873. The molecule has 1 aliphatic carbocycles. The van der Waals surface area contributed by atoms with Crippen molar-refractivity contribution in [1.29, 1.82) is 0 Å². The van der Waals surface area contributed by atoms with E-state index in [1.807, 2.05) is 0 Å². The van der Waals surface area contributed by atoms with E-state index in [0.29, 0.717) is 0 Å². The molecule has 0 saturated carbocycles. The van der Waals surface area contributed by atoms with Crippen molar-refractivity contribution in [2.24, 2.45) is 5.16 Å². The van der Waals surface area contributed by atoms with Crippen molar-refractivity contribution in [3.8, 4) is 0 Å². The third-order valence-corrected chi connectivity index (χ3v) is 2.45. The molecule has 1 N–H and O–H groups in total. The van der Waals surface area contributed by atoms with Gasteiger partial charge in [-0.2, -0.15) is 0 Å². The average molecular weight is 179 g/mol. The van der Waals surface area contributed by atoms with Gasteiger partial charge in [-0.1, -0.05) is 29.8 Å². The lowest BCUT2D eigenvalue weighted by Crippen LogP contribution is -1.96. The Kier molecular flexibility index (Phi) is 3.74. The minimum Gasteiger partial charge on any atom is -0.411 e. The summed E-state index contributed by atoms with van der Waals surface area (Å²) in [6.07, 6.45) is 8.23. The van der Waals surface area contributed by atoms with Gasteiger partial charge < -0.3 is 5.21 Å². The molecular weight excluding hydrogens is 162 g/mol. The predicted molar refractivity (Wildman–Crippen MR) is 55.2 cm³/mol. The number of nitrogens with zero attached hydrogens (tertiary/aromatic N) is 1. The first-order valence-corrected chi connectivity index (χ1v) is 4.84. The van der Waals surface area contributed by atoms with E-state index in [1.54, 1.807) is 0 Å². The van der Waals surface area contributed by atoms with Crippen LogP contribution in [0.25, 0.3) is 0 Å². The number of hydrogen-bond acceptors (Lipinski definition) is 2. The largest absolute Gasteiger partial charge is 0.411 e. The summed E-state index contributed by atoms with van der Waals surface area (Å²) in [6.45, 7) is 4.24.